The van der Waals surface area contributed by atoms with Gasteiger partial charge in [0.2, 0.25) is 0 Å². The Morgan fingerprint density at radius 2 is 1.72 bits per heavy atom. The van der Waals surface area contributed by atoms with E-state index in [0.29, 0.717) is 5.92 Å². The standard InChI is InChI=1S/C14H23O3P/c1-6-14(18(15,16-4)17-5)13-9-7-8-12(10-13)11(2)3/h7-11,14H,6H2,1-5H3. The van der Waals surface area contributed by atoms with Crippen molar-refractivity contribution >= 4 is 7.60 Å². The maximum absolute atomic E-state index is 12.5. The minimum absolute atomic E-state index is 0.203. The van der Waals surface area contributed by atoms with Crippen LogP contribution in [0.2, 0.25) is 0 Å². The van der Waals surface area contributed by atoms with Crippen LogP contribution in [0, 0.1) is 0 Å². The van der Waals surface area contributed by atoms with E-state index in [-0.39, 0.29) is 5.66 Å². The van der Waals surface area contributed by atoms with E-state index in [0.717, 1.165) is 12.0 Å². The van der Waals surface area contributed by atoms with Crippen molar-refractivity contribution in [2.45, 2.75) is 38.8 Å². The summed E-state index contributed by atoms with van der Waals surface area (Å²) in [6.07, 6.45) is 0.723. The molecule has 0 aliphatic rings. The molecule has 3 nitrogen and oxygen atoms in total. The van der Waals surface area contributed by atoms with Crippen LogP contribution in [0.3, 0.4) is 0 Å². The summed E-state index contributed by atoms with van der Waals surface area (Å²) < 4.78 is 22.8. The van der Waals surface area contributed by atoms with Crippen molar-refractivity contribution in [3.05, 3.63) is 35.4 Å². The van der Waals surface area contributed by atoms with E-state index in [4.69, 9.17) is 9.05 Å². The third kappa shape index (κ3) is 3.23. The molecule has 102 valence electrons. The Hall–Kier alpha value is -0.630. The summed E-state index contributed by atoms with van der Waals surface area (Å²) in [6, 6.07) is 8.18. The third-order valence-electron chi connectivity index (χ3n) is 3.24. The molecule has 1 atom stereocenters. The van der Waals surface area contributed by atoms with Gasteiger partial charge in [-0.3, -0.25) is 4.57 Å². The summed E-state index contributed by atoms with van der Waals surface area (Å²) in [5, 5.41) is 0. The van der Waals surface area contributed by atoms with Crippen molar-refractivity contribution < 1.29 is 13.6 Å². The summed E-state index contributed by atoms with van der Waals surface area (Å²) in [5.41, 5.74) is 2.06. The molecule has 0 saturated carbocycles. The number of rotatable bonds is 6. The summed E-state index contributed by atoms with van der Waals surface area (Å²) in [7, 11) is -0.176. The summed E-state index contributed by atoms with van der Waals surface area (Å²) in [5.74, 6) is 0.451. The summed E-state index contributed by atoms with van der Waals surface area (Å²) in [6.45, 7) is 6.29. The van der Waals surface area contributed by atoms with Crippen molar-refractivity contribution in [3.8, 4) is 0 Å². The molecule has 1 aromatic carbocycles. The van der Waals surface area contributed by atoms with Crippen molar-refractivity contribution in [1.82, 2.24) is 0 Å². The molecule has 1 unspecified atom stereocenters. The van der Waals surface area contributed by atoms with Crippen LogP contribution >= 0.6 is 7.60 Å². The van der Waals surface area contributed by atoms with Gasteiger partial charge in [0, 0.05) is 14.2 Å². The largest absolute Gasteiger partial charge is 0.337 e. The Kier molecular flexibility index (Phi) is 5.58. The second-order valence-corrected chi connectivity index (χ2v) is 7.09. The molecule has 1 aromatic rings. The molecule has 4 heteroatoms. The molecule has 0 fully saturated rings. The lowest BCUT2D eigenvalue weighted by molar-refractivity contribution is 0.265. The molecule has 0 bridgehead atoms. The molecule has 18 heavy (non-hydrogen) atoms. The maximum Gasteiger partial charge on any atom is 0.337 e. The van der Waals surface area contributed by atoms with Gasteiger partial charge >= 0.3 is 7.60 Å². The van der Waals surface area contributed by atoms with E-state index in [1.165, 1.54) is 19.8 Å². The fourth-order valence-corrected chi connectivity index (χ4v) is 3.73. The predicted octanol–water partition coefficient (Wildman–Crippen LogP) is 4.75. The highest BCUT2D eigenvalue weighted by molar-refractivity contribution is 7.54. The van der Waals surface area contributed by atoms with Crippen LogP contribution in [0.15, 0.2) is 24.3 Å². The molecular formula is C14H23O3P. The maximum atomic E-state index is 12.5. The van der Waals surface area contributed by atoms with Crippen LogP contribution in [-0.4, -0.2) is 14.2 Å². The molecule has 0 N–H and O–H groups in total. The Morgan fingerprint density at radius 3 is 2.17 bits per heavy atom. The SMILES string of the molecule is CCC(c1cccc(C(C)C)c1)P(=O)(OC)OC. The number of hydrogen-bond acceptors (Lipinski definition) is 3. The molecule has 0 aromatic heterocycles. The van der Waals surface area contributed by atoms with Gasteiger partial charge in [0.25, 0.3) is 0 Å². The van der Waals surface area contributed by atoms with Crippen LogP contribution < -0.4 is 0 Å². The molecule has 0 heterocycles. The molecule has 0 aliphatic heterocycles. The van der Waals surface area contributed by atoms with Gasteiger partial charge in [-0.15, -0.1) is 0 Å². The first-order valence-corrected chi connectivity index (χ1v) is 7.90. The minimum Gasteiger partial charge on any atom is -0.312 e. The van der Waals surface area contributed by atoms with Crippen molar-refractivity contribution in [1.29, 1.82) is 0 Å². The van der Waals surface area contributed by atoms with Gasteiger partial charge in [0.15, 0.2) is 0 Å². The third-order valence-corrected chi connectivity index (χ3v) is 5.68. The zero-order valence-corrected chi connectivity index (χ0v) is 12.7. The highest BCUT2D eigenvalue weighted by Crippen LogP contribution is 2.61. The summed E-state index contributed by atoms with van der Waals surface area (Å²) >= 11 is 0. The van der Waals surface area contributed by atoms with E-state index >= 15 is 0 Å². The van der Waals surface area contributed by atoms with E-state index in [9.17, 15) is 4.57 Å². The lowest BCUT2D eigenvalue weighted by Crippen LogP contribution is -2.03. The van der Waals surface area contributed by atoms with Gasteiger partial charge in [0.05, 0.1) is 5.66 Å². The van der Waals surface area contributed by atoms with Gasteiger partial charge in [-0.1, -0.05) is 45.0 Å². The number of benzene rings is 1. The quantitative estimate of drug-likeness (QED) is 0.700. The van der Waals surface area contributed by atoms with Crippen molar-refractivity contribution in [2.24, 2.45) is 0 Å². The highest BCUT2D eigenvalue weighted by Gasteiger charge is 2.33. The molecule has 1 rings (SSSR count). The average molecular weight is 270 g/mol. The van der Waals surface area contributed by atoms with Crippen molar-refractivity contribution in [2.75, 3.05) is 14.2 Å². The van der Waals surface area contributed by atoms with Gasteiger partial charge in [0.1, 0.15) is 0 Å². The first-order chi connectivity index (χ1) is 8.48. The highest BCUT2D eigenvalue weighted by atomic mass is 31.2. The zero-order chi connectivity index (χ0) is 13.8. The number of hydrogen-bond donors (Lipinski definition) is 0. The topological polar surface area (TPSA) is 35.5 Å². The van der Waals surface area contributed by atoms with E-state index in [1.54, 1.807) is 0 Å². The molecule has 0 saturated heterocycles. The normalized spacial score (nSPS) is 13.9. The van der Waals surface area contributed by atoms with Crippen LogP contribution in [0.1, 0.15) is 49.9 Å². The van der Waals surface area contributed by atoms with Crippen LogP contribution in [0.4, 0.5) is 0 Å². The molecule has 0 radical (unpaired) electrons. The van der Waals surface area contributed by atoms with Crippen molar-refractivity contribution in [3.63, 3.8) is 0 Å². The molecule has 0 amide bonds. The van der Waals surface area contributed by atoms with Crippen LogP contribution in [0.25, 0.3) is 0 Å². The zero-order valence-electron chi connectivity index (χ0n) is 11.8. The Balaban J connectivity index is 3.17. The molecule has 0 spiro atoms. The molecular weight excluding hydrogens is 247 g/mol. The van der Waals surface area contributed by atoms with Crippen LogP contribution in [0.5, 0.6) is 0 Å². The van der Waals surface area contributed by atoms with Gasteiger partial charge in [-0.2, -0.15) is 0 Å². The first kappa shape index (κ1) is 15.4. The summed E-state index contributed by atoms with van der Waals surface area (Å²) in [4.78, 5) is 0. The van der Waals surface area contributed by atoms with E-state index in [2.05, 4.69) is 26.0 Å². The lowest BCUT2D eigenvalue weighted by atomic mass is 9.99. The Bertz CT molecular complexity index is 421. The minimum atomic E-state index is -3.06. The lowest BCUT2D eigenvalue weighted by Gasteiger charge is -2.24. The second-order valence-electron chi connectivity index (χ2n) is 4.65. The molecule has 0 aliphatic carbocycles. The van der Waals surface area contributed by atoms with Gasteiger partial charge < -0.3 is 9.05 Å². The van der Waals surface area contributed by atoms with E-state index < -0.39 is 7.60 Å². The van der Waals surface area contributed by atoms with Crippen LogP contribution in [-0.2, 0) is 13.6 Å². The Morgan fingerprint density at radius 1 is 1.17 bits per heavy atom. The smallest absolute Gasteiger partial charge is 0.312 e. The predicted molar refractivity (Wildman–Crippen MR) is 75.2 cm³/mol. The van der Waals surface area contributed by atoms with Gasteiger partial charge in [-0.05, 0) is 23.5 Å². The monoisotopic (exact) mass is 270 g/mol. The average Bonchev–Trinajstić information content (AvgIpc) is 2.39. The first-order valence-electron chi connectivity index (χ1n) is 6.29. The fraction of sp³-hybridized carbons (Fsp3) is 0.571. The second kappa shape index (κ2) is 6.51. The van der Waals surface area contributed by atoms with Gasteiger partial charge in [-0.25, -0.2) is 0 Å². The van der Waals surface area contributed by atoms with E-state index in [1.807, 2.05) is 19.1 Å². The Labute approximate surface area is 110 Å². The fourth-order valence-electron chi connectivity index (χ4n) is 2.10.